The summed E-state index contributed by atoms with van der Waals surface area (Å²) in [5.74, 6) is -1.41. The lowest BCUT2D eigenvalue weighted by Gasteiger charge is -2.30. The molecule has 1 aromatic rings. The molecule has 0 radical (unpaired) electrons. The maximum atomic E-state index is 13.2. The van der Waals surface area contributed by atoms with E-state index in [9.17, 15) is 24.0 Å². The van der Waals surface area contributed by atoms with Crippen LogP contribution < -0.4 is 10.6 Å². The molecule has 0 spiro atoms. The van der Waals surface area contributed by atoms with Crippen LogP contribution in [-0.4, -0.2) is 121 Å². The fourth-order valence-electron chi connectivity index (χ4n) is 3.69. The molecule has 1 saturated heterocycles. The average Bonchev–Trinajstić information content (AvgIpc) is 2.93. The van der Waals surface area contributed by atoms with Crippen molar-refractivity contribution in [3.63, 3.8) is 0 Å². The third-order valence-corrected chi connectivity index (χ3v) is 5.67. The summed E-state index contributed by atoms with van der Waals surface area (Å²) in [6.45, 7) is 3.97. The molecule has 1 aliphatic rings. The molecule has 13 heteroatoms. The molecule has 39 heavy (non-hydrogen) atoms. The summed E-state index contributed by atoms with van der Waals surface area (Å²) in [6.07, 6.45) is 1.64. The fraction of sp³-hybridized carbons (Fsp3) is 0.577. The van der Waals surface area contributed by atoms with Crippen molar-refractivity contribution in [3.05, 3.63) is 29.3 Å². The highest BCUT2D eigenvalue weighted by Crippen LogP contribution is 2.23. The van der Waals surface area contributed by atoms with Gasteiger partial charge in [0.15, 0.2) is 6.29 Å². The Morgan fingerprint density at radius 1 is 0.949 bits per heavy atom. The smallest absolute Gasteiger partial charge is 0.257 e. The number of hydrogen-bond acceptors (Lipinski definition) is 11. The summed E-state index contributed by atoms with van der Waals surface area (Å²) in [5.41, 5.74) is 0.786. The number of hydrogen-bond donors (Lipinski definition) is 2. The van der Waals surface area contributed by atoms with Crippen molar-refractivity contribution < 1.29 is 47.7 Å². The van der Waals surface area contributed by atoms with Crippen molar-refractivity contribution in [2.45, 2.75) is 18.9 Å². The standard InChI is InChI=1S/C26H37N3O10/c1-29(22-5-6-23(32)28-25(22)33)26(34)24-20(19-31)3-2-4-21(24)27-7-9-35-11-13-37-15-17-39-18-16-38-14-12-36-10-8-30/h2-4,8,19,22,27H,5-7,9-18H2,1H3,(H,28,32,33). The quantitative estimate of drug-likeness (QED) is 0.121. The van der Waals surface area contributed by atoms with Gasteiger partial charge < -0.3 is 38.7 Å². The zero-order chi connectivity index (χ0) is 28.3. The zero-order valence-corrected chi connectivity index (χ0v) is 22.2. The second-order valence-electron chi connectivity index (χ2n) is 8.39. The molecule has 1 fully saturated rings. The van der Waals surface area contributed by atoms with Crippen molar-refractivity contribution in [1.82, 2.24) is 10.2 Å². The topological polar surface area (TPSA) is 159 Å². The molecule has 13 nitrogen and oxygen atoms in total. The van der Waals surface area contributed by atoms with Crippen molar-refractivity contribution in [1.29, 1.82) is 0 Å². The number of carbonyl (C=O) groups is 5. The van der Waals surface area contributed by atoms with E-state index < -0.39 is 17.9 Å². The monoisotopic (exact) mass is 551 g/mol. The third-order valence-electron chi connectivity index (χ3n) is 5.67. The minimum Gasteiger partial charge on any atom is -0.382 e. The Kier molecular flexibility index (Phi) is 15.5. The Morgan fingerprint density at radius 2 is 1.54 bits per heavy atom. The van der Waals surface area contributed by atoms with Gasteiger partial charge in [0.25, 0.3) is 5.91 Å². The van der Waals surface area contributed by atoms with Crippen molar-refractivity contribution in [2.75, 3.05) is 85.0 Å². The number of imide groups is 1. The zero-order valence-electron chi connectivity index (χ0n) is 22.2. The number of nitrogens with zero attached hydrogens (tertiary/aromatic N) is 1. The first-order valence-electron chi connectivity index (χ1n) is 12.7. The van der Waals surface area contributed by atoms with Crippen LogP contribution in [0.25, 0.3) is 0 Å². The summed E-state index contributed by atoms with van der Waals surface area (Å²) in [5, 5.41) is 5.35. The molecule has 0 aliphatic carbocycles. The number of likely N-dealkylation sites (N-methyl/N-ethyl adjacent to an activating group) is 1. The Labute approximate surface area is 227 Å². The summed E-state index contributed by atoms with van der Waals surface area (Å²) in [7, 11) is 1.48. The third kappa shape index (κ3) is 11.6. The number of aldehydes is 2. The van der Waals surface area contributed by atoms with E-state index in [2.05, 4.69) is 10.6 Å². The lowest BCUT2D eigenvalue weighted by atomic mass is 10.0. The molecule has 216 valence electrons. The van der Waals surface area contributed by atoms with Gasteiger partial charge in [0, 0.05) is 31.3 Å². The van der Waals surface area contributed by atoms with E-state index in [0.717, 1.165) is 0 Å². The number of piperidine rings is 1. The highest BCUT2D eigenvalue weighted by atomic mass is 16.6. The van der Waals surface area contributed by atoms with Gasteiger partial charge in [-0.25, -0.2) is 0 Å². The number of anilines is 1. The predicted molar refractivity (Wildman–Crippen MR) is 139 cm³/mol. The van der Waals surface area contributed by atoms with Gasteiger partial charge >= 0.3 is 0 Å². The largest absolute Gasteiger partial charge is 0.382 e. The lowest BCUT2D eigenvalue weighted by molar-refractivity contribution is -0.136. The van der Waals surface area contributed by atoms with Crippen LogP contribution in [0.1, 0.15) is 33.6 Å². The minimum atomic E-state index is -0.801. The van der Waals surface area contributed by atoms with Gasteiger partial charge in [-0.1, -0.05) is 12.1 Å². The molecule has 1 unspecified atom stereocenters. The van der Waals surface area contributed by atoms with Crippen LogP contribution in [0.3, 0.4) is 0 Å². The van der Waals surface area contributed by atoms with Gasteiger partial charge in [-0.2, -0.15) is 0 Å². The number of benzene rings is 1. The molecule has 2 rings (SSSR count). The second-order valence-corrected chi connectivity index (χ2v) is 8.39. The lowest BCUT2D eigenvalue weighted by Crippen LogP contribution is -2.53. The first-order chi connectivity index (χ1) is 19.0. The molecule has 1 aliphatic heterocycles. The van der Waals surface area contributed by atoms with Crippen LogP contribution in [0.2, 0.25) is 0 Å². The van der Waals surface area contributed by atoms with Crippen LogP contribution in [0.15, 0.2) is 18.2 Å². The molecule has 0 bridgehead atoms. The number of rotatable bonds is 21. The fourth-order valence-corrected chi connectivity index (χ4v) is 3.69. The average molecular weight is 552 g/mol. The van der Waals surface area contributed by atoms with Gasteiger partial charge in [0.1, 0.15) is 18.9 Å². The number of ether oxygens (including phenoxy) is 5. The van der Waals surface area contributed by atoms with E-state index in [1.165, 1.54) is 18.0 Å². The predicted octanol–water partition coefficient (Wildman–Crippen LogP) is 0.0701. The molecular weight excluding hydrogens is 514 g/mol. The maximum Gasteiger partial charge on any atom is 0.257 e. The van der Waals surface area contributed by atoms with E-state index in [4.69, 9.17) is 23.7 Å². The van der Waals surface area contributed by atoms with Crippen molar-refractivity contribution in [2.24, 2.45) is 0 Å². The highest BCUT2D eigenvalue weighted by molar-refractivity contribution is 6.08. The number of nitrogens with one attached hydrogen (secondary N) is 2. The summed E-state index contributed by atoms with van der Waals surface area (Å²) < 4.78 is 26.6. The van der Waals surface area contributed by atoms with E-state index >= 15 is 0 Å². The Bertz CT molecular complexity index is 943. The Hall–Kier alpha value is -3.23. The van der Waals surface area contributed by atoms with Gasteiger partial charge in [0.2, 0.25) is 11.8 Å². The molecule has 0 saturated carbocycles. The molecule has 1 aromatic carbocycles. The van der Waals surface area contributed by atoms with E-state index in [1.54, 1.807) is 12.1 Å². The van der Waals surface area contributed by atoms with Crippen LogP contribution >= 0.6 is 0 Å². The minimum absolute atomic E-state index is 0.0701. The highest BCUT2D eigenvalue weighted by Gasteiger charge is 2.34. The molecule has 1 heterocycles. The molecule has 1 atom stereocenters. The van der Waals surface area contributed by atoms with Crippen LogP contribution in [0, 0.1) is 0 Å². The Morgan fingerprint density at radius 3 is 2.10 bits per heavy atom. The van der Waals surface area contributed by atoms with Crippen LogP contribution in [-0.2, 0) is 38.1 Å². The van der Waals surface area contributed by atoms with Crippen LogP contribution in [0.4, 0.5) is 5.69 Å². The van der Waals surface area contributed by atoms with E-state index in [-0.39, 0.29) is 36.5 Å². The normalized spacial score (nSPS) is 15.1. The van der Waals surface area contributed by atoms with E-state index in [1.807, 2.05) is 0 Å². The number of carbonyl (C=O) groups excluding carboxylic acids is 5. The number of amides is 3. The van der Waals surface area contributed by atoms with Gasteiger partial charge in [-0.05, 0) is 12.5 Å². The first kappa shape index (κ1) is 32.0. The second kappa shape index (κ2) is 18.9. The van der Waals surface area contributed by atoms with Crippen LogP contribution in [0.5, 0.6) is 0 Å². The SMILES string of the molecule is CN(C(=O)c1c(C=O)cccc1NCCOCCOCCOCCOCCOCC=O)C1CCC(=O)NC1=O. The van der Waals surface area contributed by atoms with Gasteiger partial charge in [-0.3, -0.25) is 24.5 Å². The first-order valence-corrected chi connectivity index (χ1v) is 12.7. The van der Waals surface area contributed by atoms with Gasteiger partial charge in [-0.15, -0.1) is 0 Å². The summed E-state index contributed by atoms with van der Waals surface area (Å²) in [4.78, 5) is 59.9. The maximum absolute atomic E-state index is 13.2. The molecule has 2 N–H and O–H groups in total. The molecule has 0 aromatic heterocycles. The van der Waals surface area contributed by atoms with Gasteiger partial charge in [0.05, 0.1) is 65.0 Å². The Balaban J connectivity index is 1.63. The molecule has 3 amide bonds. The molecular formula is C26H37N3O10. The van der Waals surface area contributed by atoms with Crippen molar-refractivity contribution >= 4 is 36.0 Å². The summed E-state index contributed by atoms with van der Waals surface area (Å²) >= 11 is 0. The van der Waals surface area contributed by atoms with E-state index in [0.29, 0.717) is 84.3 Å². The summed E-state index contributed by atoms with van der Waals surface area (Å²) in [6, 6.07) is 4.06. The van der Waals surface area contributed by atoms with Crippen molar-refractivity contribution in [3.8, 4) is 0 Å².